The van der Waals surface area contributed by atoms with Crippen molar-refractivity contribution in [2.45, 2.75) is 68.2 Å². The Morgan fingerprint density at radius 3 is 2.60 bits per heavy atom. The number of hydrogen-bond acceptors (Lipinski definition) is 7. The molecule has 2 N–H and O–H groups in total. The molecule has 0 spiro atoms. The van der Waals surface area contributed by atoms with E-state index in [2.05, 4.69) is 32.4 Å². The molecule has 2 aliphatic rings. The number of alkyl halides is 5. The van der Waals surface area contributed by atoms with Gasteiger partial charge in [0.25, 0.3) is 5.91 Å². The normalized spacial score (nSPS) is 21.7. The van der Waals surface area contributed by atoms with Crippen LogP contribution in [0.3, 0.4) is 0 Å². The number of ether oxygens (including phenoxy) is 1. The van der Waals surface area contributed by atoms with Crippen LogP contribution in [0.15, 0.2) is 41.6 Å². The number of methoxy groups -OCH3 is 1. The number of carbonyl (C=O) groups is 1. The number of hydrogen-bond donors (Lipinski definition) is 2. The number of halogens is 5. The van der Waals surface area contributed by atoms with Crippen molar-refractivity contribution in [2.75, 3.05) is 38.3 Å². The van der Waals surface area contributed by atoms with Crippen LogP contribution in [0, 0.1) is 17.8 Å². The Balaban J connectivity index is 1.36. The van der Waals surface area contributed by atoms with Crippen LogP contribution in [0.5, 0.6) is 5.75 Å². The molecule has 9 nitrogen and oxygen atoms in total. The van der Waals surface area contributed by atoms with Crippen LogP contribution in [-0.4, -0.2) is 86.0 Å². The predicted octanol–water partition coefficient (Wildman–Crippen LogP) is 5.10. The summed E-state index contributed by atoms with van der Waals surface area (Å²) < 4.78 is 97.9. The lowest BCUT2D eigenvalue weighted by Gasteiger charge is -2.40. The lowest BCUT2D eigenvalue weighted by atomic mass is 9.92. The monoisotopic (exact) mass is 681 g/mol. The first-order valence-corrected chi connectivity index (χ1v) is 17.0. The van der Waals surface area contributed by atoms with Crippen LogP contribution in [0.25, 0.3) is 11.0 Å². The van der Waals surface area contributed by atoms with Gasteiger partial charge in [0.2, 0.25) is 5.92 Å². The largest absolute Gasteiger partial charge is 0.495 e. The second kappa shape index (κ2) is 13.3. The van der Waals surface area contributed by atoms with Gasteiger partial charge in [0.05, 0.1) is 41.6 Å². The highest BCUT2D eigenvalue weighted by atomic mass is 32.2. The number of aromatic nitrogens is 2. The molecule has 2 heterocycles. The molecule has 1 aliphatic carbocycles. The molecule has 3 unspecified atom stereocenters. The first kappa shape index (κ1) is 34.4. The SMILES string of the molecule is COc1ccc(S(C)(=O)=O)cc1NCC#Cc1cc(C(=O)NC2CCN(C3CCC(F)(F)C3)CC2C)c2ncn(CC(F)(F)F)c2c1. The second-order valence-corrected chi connectivity index (χ2v) is 14.3. The molecule has 1 aliphatic heterocycles. The number of carbonyl (C=O) groups excluding carboxylic acids is 1. The van der Waals surface area contributed by atoms with E-state index in [4.69, 9.17) is 4.74 Å². The molecule has 2 aromatic carbocycles. The standard InChI is InChI=1S/C32H36F5N5O4S/c1-20-17-41(22-8-10-31(33,34)16-22)12-9-25(20)40-30(43)24-13-21(14-27-29(24)39-19-42(27)18-32(35,36)37)5-4-11-38-26-15-23(47(3,44)45)6-7-28(26)46-2/h6-7,13-15,19-20,22,25,38H,8-12,16-18H2,1-3H3,(H,40,43). The molecule has 47 heavy (non-hydrogen) atoms. The molecule has 15 heteroatoms. The fraction of sp³-hybridized carbons (Fsp3) is 0.500. The van der Waals surface area contributed by atoms with E-state index in [1.807, 2.05) is 6.92 Å². The molecule has 3 atom stereocenters. The highest BCUT2D eigenvalue weighted by Gasteiger charge is 2.43. The van der Waals surface area contributed by atoms with Crippen LogP contribution >= 0.6 is 0 Å². The zero-order valence-corrected chi connectivity index (χ0v) is 26.9. The summed E-state index contributed by atoms with van der Waals surface area (Å²) in [6.45, 7) is 1.73. The van der Waals surface area contributed by atoms with Crippen molar-refractivity contribution in [3.63, 3.8) is 0 Å². The van der Waals surface area contributed by atoms with Crippen molar-refractivity contribution in [1.82, 2.24) is 19.8 Å². The van der Waals surface area contributed by atoms with Gasteiger partial charge >= 0.3 is 6.18 Å². The number of nitrogens with zero attached hydrogens (tertiary/aromatic N) is 3. The molecule has 1 saturated heterocycles. The number of benzene rings is 2. The number of likely N-dealkylation sites (tertiary alicyclic amines) is 1. The lowest BCUT2D eigenvalue weighted by Crippen LogP contribution is -2.52. The van der Waals surface area contributed by atoms with Crippen molar-refractivity contribution in [2.24, 2.45) is 5.92 Å². The molecule has 1 aromatic heterocycles. The summed E-state index contributed by atoms with van der Waals surface area (Å²) in [7, 11) is -2.05. The van der Waals surface area contributed by atoms with Crippen LogP contribution in [0.1, 0.15) is 48.5 Å². The Morgan fingerprint density at radius 2 is 1.96 bits per heavy atom. The minimum Gasteiger partial charge on any atom is -0.495 e. The van der Waals surface area contributed by atoms with E-state index in [1.54, 1.807) is 0 Å². The molecule has 1 amide bonds. The average Bonchev–Trinajstić information content (AvgIpc) is 3.56. The van der Waals surface area contributed by atoms with Gasteiger partial charge in [0.15, 0.2) is 9.84 Å². The van der Waals surface area contributed by atoms with Gasteiger partial charge in [-0.3, -0.25) is 9.69 Å². The van der Waals surface area contributed by atoms with Crippen LogP contribution in [0.2, 0.25) is 0 Å². The van der Waals surface area contributed by atoms with Gasteiger partial charge in [0, 0.05) is 49.8 Å². The Morgan fingerprint density at radius 1 is 1.19 bits per heavy atom. The van der Waals surface area contributed by atoms with E-state index in [0.29, 0.717) is 37.4 Å². The van der Waals surface area contributed by atoms with Gasteiger partial charge in [-0.15, -0.1) is 0 Å². The Hall–Kier alpha value is -3.90. The summed E-state index contributed by atoms with van der Waals surface area (Å²) in [6, 6.07) is 6.76. The number of anilines is 1. The third-order valence-electron chi connectivity index (χ3n) is 8.67. The number of imidazole rings is 1. The first-order valence-electron chi connectivity index (χ1n) is 15.1. The van der Waals surface area contributed by atoms with E-state index >= 15 is 0 Å². The van der Waals surface area contributed by atoms with Crippen molar-refractivity contribution >= 4 is 32.5 Å². The van der Waals surface area contributed by atoms with Gasteiger partial charge < -0.3 is 19.9 Å². The van der Waals surface area contributed by atoms with E-state index in [-0.39, 0.29) is 64.4 Å². The first-order chi connectivity index (χ1) is 22.0. The quantitative estimate of drug-likeness (QED) is 0.252. The molecule has 1 saturated carbocycles. The lowest BCUT2D eigenvalue weighted by molar-refractivity contribution is -0.140. The van der Waals surface area contributed by atoms with Gasteiger partial charge in [-0.2, -0.15) is 13.2 Å². The highest BCUT2D eigenvalue weighted by molar-refractivity contribution is 7.90. The number of piperidine rings is 1. The zero-order chi connectivity index (χ0) is 34.1. The van der Waals surface area contributed by atoms with E-state index in [0.717, 1.165) is 17.2 Å². The number of rotatable bonds is 8. The minimum atomic E-state index is -4.53. The summed E-state index contributed by atoms with van der Waals surface area (Å²) in [5.41, 5.74) is 0.893. The van der Waals surface area contributed by atoms with Crippen LogP contribution in [0.4, 0.5) is 27.6 Å². The fourth-order valence-corrected chi connectivity index (χ4v) is 6.92. The fourth-order valence-electron chi connectivity index (χ4n) is 6.28. The molecule has 254 valence electrons. The highest BCUT2D eigenvalue weighted by Crippen LogP contribution is 2.38. The average molecular weight is 682 g/mol. The van der Waals surface area contributed by atoms with Crippen molar-refractivity contribution in [1.29, 1.82) is 0 Å². The Labute approximate surface area is 269 Å². The van der Waals surface area contributed by atoms with E-state index in [9.17, 15) is 35.2 Å². The number of amides is 1. The minimum absolute atomic E-state index is 0.0218. The Kier molecular flexibility index (Phi) is 9.75. The molecular formula is C32H36F5N5O4S. The van der Waals surface area contributed by atoms with E-state index < -0.39 is 34.4 Å². The Bertz CT molecular complexity index is 1820. The molecule has 3 aromatic rings. The topological polar surface area (TPSA) is 106 Å². The molecule has 0 radical (unpaired) electrons. The third-order valence-corrected chi connectivity index (χ3v) is 9.78. The van der Waals surface area contributed by atoms with Crippen molar-refractivity contribution < 1.29 is 39.9 Å². The van der Waals surface area contributed by atoms with Crippen LogP contribution < -0.4 is 15.4 Å². The van der Waals surface area contributed by atoms with E-state index in [1.165, 1.54) is 37.4 Å². The zero-order valence-electron chi connectivity index (χ0n) is 26.1. The van der Waals surface area contributed by atoms with Crippen molar-refractivity contribution in [3.05, 3.63) is 47.8 Å². The van der Waals surface area contributed by atoms with Gasteiger partial charge in [-0.1, -0.05) is 18.8 Å². The number of fused-ring (bicyclic) bond motifs is 1. The third kappa shape index (κ3) is 8.34. The number of nitrogens with one attached hydrogen (secondary N) is 2. The predicted molar refractivity (Wildman–Crippen MR) is 166 cm³/mol. The summed E-state index contributed by atoms with van der Waals surface area (Å²) in [5, 5.41) is 5.99. The summed E-state index contributed by atoms with van der Waals surface area (Å²) >= 11 is 0. The van der Waals surface area contributed by atoms with Crippen molar-refractivity contribution in [3.8, 4) is 17.6 Å². The number of sulfone groups is 1. The second-order valence-electron chi connectivity index (χ2n) is 12.3. The molecular weight excluding hydrogens is 645 g/mol. The maximum atomic E-state index is 13.8. The maximum Gasteiger partial charge on any atom is 0.406 e. The maximum absolute atomic E-state index is 13.8. The summed E-state index contributed by atoms with van der Waals surface area (Å²) in [5.74, 6) is 2.91. The van der Waals surface area contributed by atoms with Gasteiger partial charge in [-0.05, 0) is 49.1 Å². The molecule has 0 bridgehead atoms. The molecule has 2 fully saturated rings. The summed E-state index contributed by atoms with van der Waals surface area (Å²) in [6.07, 6.45) is -1.75. The molecule has 5 rings (SSSR count). The van der Waals surface area contributed by atoms with Gasteiger partial charge in [-0.25, -0.2) is 22.2 Å². The summed E-state index contributed by atoms with van der Waals surface area (Å²) in [4.78, 5) is 19.9. The van der Waals surface area contributed by atoms with Gasteiger partial charge in [0.1, 0.15) is 17.8 Å². The smallest absolute Gasteiger partial charge is 0.406 e. The van der Waals surface area contributed by atoms with Crippen LogP contribution in [-0.2, 0) is 16.4 Å².